The molecule has 0 aliphatic rings. The predicted octanol–water partition coefficient (Wildman–Crippen LogP) is 4.30. The molecule has 0 fully saturated rings. The number of hydrogen-bond acceptors (Lipinski definition) is 4. The van der Waals surface area contributed by atoms with E-state index >= 15 is 0 Å². The van der Waals surface area contributed by atoms with Crippen LogP contribution in [-0.4, -0.2) is 62.7 Å². The van der Waals surface area contributed by atoms with E-state index in [4.69, 9.17) is 0 Å². The smallest absolute Gasteiger partial charge is 0.304 e. The number of carbonyl (C=O) groups excluding carboxylic acids is 2. The van der Waals surface area contributed by atoms with Crippen LogP contribution in [0.3, 0.4) is 0 Å². The summed E-state index contributed by atoms with van der Waals surface area (Å²) in [5, 5.41) is 2.96. The minimum Gasteiger partial charge on any atom is -0.354 e. The number of amides is 2. The summed E-state index contributed by atoms with van der Waals surface area (Å²) >= 11 is 0. The highest BCUT2D eigenvalue weighted by Gasteiger charge is 2.34. The molecule has 0 aliphatic carbocycles. The third-order valence-corrected chi connectivity index (χ3v) is 8.53. The van der Waals surface area contributed by atoms with Crippen molar-refractivity contribution in [2.75, 3.05) is 31.5 Å². The van der Waals surface area contributed by atoms with E-state index in [0.717, 1.165) is 50.3 Å². The average Bonchev–Trinajstić information content (AvgIpc) is 2.95. The summed E-state index contributed by atoms with van der Waals surface area (Å²) in [6, 6.07) is 21.0. The second-order valence-electron chi connectivity index (χ2n) is 10.1. The maximum atomic E-state index is 14.1. The highest BCUT2D eigenvalue weighted by molar-refractivity contribution is 7.90. The van der Waals surface area contributed by atoms with E-state index in [1.54, 1.807) is 0 Å². The van der Waals surface area contributed by atoms with Crippen molar-refractivity contribution < 1.29 is 22.4 Å². The van der Waals surface area contributed by atoms with Crippen LogP contribution in [-0.2, 0) is 32.8 Å². The minimum atomic E-state index is -4.14. The Labute approximate surface area is 243 Å². The van der Waals surface area contributed by atoms with E-state index in [2.05, 4.69) is 5.32 Å². The number of anilines is 1. The largest absolute Gasteiger partial charge is 0.354 e. The van der Waals surface area contributed by atoms with Crippen LogP contribution in [0.15, 0.2) is 78.9 Å². The fraction of sp³-hybridized carbons (Fsp3) is 0.355. The normalized spacial score (nSPS) is 12.1. The van der Waals surface area contributed by atoms with Gasteiger partial charge in [0, 0.05) is 33.6 Å². The molecule has 0 aliphatic heterocycles. The van der Waals surface area contributed by atoms with Crippen molar-refractivity contribution in [3.8, 4) is 0 Å². The molecule has 1 N–H and O–H groups in total. The molecule has 2 amide bonds. The van der Waals surface area contributed by atoms with Crippen LogP contribution in [0.2, 0.25) is 0 Å². The Morgan fingerprint density at radius 3 is 2.12 bits per heavy atom. The lowest BCUT2D eigenvalue weighted by atomic mass is 10.0. The maximum Gasteiger partial charge on any atom is 0.304 e. The van der Waals surface area contributed by atoms with Gasteiger partial charge in [-0.15, -0.1) is 0 Å². The first-order valence-corrected chi connectivity index (χ1v) is 15.0. The van der Waals surface area contributed by atoms with Gasteiger partial charge in [-0.3, -0.25) is 9.59 Å². The van der Waals surface area contributed by atoms with Crippen molar-refractivity contribution >= 4 is 27.7 Å². The van der Waals surface area contributed by atoms with Gasteiger partial charge in [0.1, 0.15) is 18.4 Å². The van der Waals surface area contributed by atoms with E-state index in [-0.39, 0.29) is 24.6 Å². The van der Waals surface area contributed by atoms with E-state index in [9.17, 15) is 22.4 Å². The second kappa shape index (κ2) is 14.7. The molecule has 41 heavy (non-hydrogen) atoms. The number of aryl methyl sites for hydroxylation is 1. The Balaban J connectivity index is 2.06. The summed E-state index contributed by atoms with van der Waals surface area (Å²) in [5.74, 6) is -1.41. The predicted molar refractivity (Wildman–Crippen MR) is 160 cm³/mol. The molecule has 3 aromatic rings. The number of nitrogens with zero attached hydrogens (tertiary/aromatic N) is 3. The van der Waals surface area contributed by atoms with Crippen molar-refractivity contribution in [2.24, 2.45) is 0 Å². The number of rotatable bonds is 14. The monoisotopic (exact) mass is 582 g/mol. The zero-order chi connectivity index (χ0) is 30.0. The first-order valence-electron chi connectivity index (χ1n) is 13.6. The summed E-state index contributed by atoms with van der Waals surface area (Å²) in [7, 11) is -1.42. The second-order valence-corrected chi connectivity index (χ2v) is 12.2. The Morgan fingerprint density at radius 1 is 0.902 bits per heavy atom. The number of halogens is 1. The first-order chi connectivity index (χ1) is 19.5. The molecule has 0 bridgehead atoms. The van der Waals surface area contributed by atoms with Crippen LogP contribution in [0.1, 0.15) is 36.5 Å². The molecule has 3 aromatic carbocycles. The molecular formula is C31H39FN4O4S. The molecule has 0 saturated carbocycles. The van der Waals surface area contributed by atoms with Crippen LogP contribution in [0.4, 0.5) is 10.1 Å². The standard InChI is InChI=1S/C31H39FN4O4S/c1-5-6-20-33-31(38)29(21-25-10-8-7-9-11-25)35(22-26-14-12-24(2)13-15-26)30(37)23-36(41(39,40)34(3)4)28-18-16-27(32)17-19-28/h7-19,29H,5-6,20-23H2,1-4H3,(H,33,38)/t29-/m1/s1. The summed E-state index contributed by atoms with van der Waals surface area (Å²) in [5.41, 5.74) is 2.84. The van der Waals surface area contributed by atoms with Gasteiger partial charge < -0.3 is 10.2 Å². The number of hydrogen-bond donors (Lipinski definition) is 1. The van der Waals surface area contributed by atoms with E-state index < -0.39 is 34.5 Å². The van der Waals surface area contributed by atoms with Crippen LogP contribution >= 0.6 is 0 Å². The fourth-order valence-corrected chi connectivity index (χ4v) is 5.33. The Hall–Kier alpha value is -3.76. The van der Waals surface area contributed by atoms with Gasteiger partial charge in [0.15, 0.2) is 0 Å². The van der Waals surface area contributed by atoms with E-state index in [1.165, 1.54) is 31.1 Å². The summed E-state index contributed by atoms with van der Waals surface area (Å²) in [4.78, 5) is 29.2. The summed E-state index contributed by atoms with van der Waals surface area (Å²) < 4.78 is 42.3. The minimum absolute atomic E-state index is 0.0943. The molecule has 0 spiro atoms. The number of carbonyl (C=O) groups is 2. The van der Waals surface area contributed by atoms with Gasteiger partial charge in [-0.25, -0.2) is 8.70 Å². The van der Waals surface area contributed by atoms with Crippen molar-refractivity contribution in [2.45, 2.75) is 45.7 Å². The molecular weight excluding hydrogens is 543 g/mol. The molecule has 8 nitrogen and oxygen atoms in total. The fourth-order valence-electron chi connectivity index (χ4n) is 4.27. The number of unbranched alkanes of at least 4 members (excludes halogenated alkanes) is 1. The Kier molecular flexibility index (Phi) is 11.4. The van der Waals surface area contributed by atoms with Crippen LogP contribution < -0.4 is 9.62 Å². The van der Waals surface area contributed by atoms with E-state index in [1.807, 2.05) is 68.4 Å². The molecule has 220 valence electrons. The van der Waals surface area contributed by atoms with Gasteiger partial charge in [0.2, 0.25) is 11.8 Å². The van der Waals surface area contributed by atoms with E-state index in [0.29, 0.717) is 6.54 Å². The lowest BCUT2D eigenvalue weighted by Gasteiger charge is -2.34. The topological polar surface area (TPSA) is 90.0 Å². The summed E-state index contributed by atoms with van der Waals surface area (Å²) in [6.07, 6.45) is 1.92. The van der Waals surface area contributed by atoms with Gasteiger partial charge in [0.05, 0.1) is 5.69 Å². The molecule has 0 saturated heterocycles. The van der Waals surface area contributed by atoms with Gasteiger partial charge >= 0.3 is 10.2 Å². The Morgan fingerprint density at radius 2 is 1.54 bits per heavy atom. The third kappa shape index (κ3) is 8.86. The lowest BCUT2D eigenvalue weighted by Crippen LogP contribution is -2.54. The van der Waals surface area contributed by atoms with Crippen molar-refractivity contribution in [1.29, 1.82) is 0 Å². The zero-order valence-electron chi connectivity index (χ0n) is 24.1. The maximum absolute atomic E-state index is 14.1. The van der Waals surface area contributed by atoms with Gasteiger partial charge in [-0.2, -0.15) is 12.7 Å². The quantitative estimate of drug-likeness (QED) is 0.287. The number of benzene rings is 3. The van der Waals surface area contributed by atoms with Crippen LogP contribution in [0.25, 0.3) is 0 Å². The van der Waals surface area contributed by atoms with Crippen LogP contribution in [0.5, 0.6) is 0 Å². The molecule has 3 rings (SSSR count). The highest BCUT2D eigenvalue weighted by Crippen LogP contribution is 2.22. The molecule has 0 radical (unpaired) electrons. The van der Waals surface area contributed by atoms with Crippen molar-refractivity contribution in [1.82, 2.24) is 14.5 Å². The number of nitrogens with one attached hydrogen (secondary N) is 1. The molecule has 10 heteroatoms. The lowest BCUT2D eigenvalue weighted by molar-refractivity contribution is -0.140. The van der Waals surface area contributed by atoms with Gasteiger partial charge in [-0.05, 0) is 48.7 Å². The molecule has 0 unspecified atom stereocenters. The molecule has 0 heterocycles. The van der Waals surface area contributed by atoms with Crippen molar-refractivity contribution in [3.63, 3.8) is 0 Å². The third-order valence-electron chi connectivity index (χ3n) is 6.71. The SMILES string of the molecule is CCCCNC(=O)[C@@H](Cc1ccccc1)N(Cc1ccc(C)cc1)C(=O)CN(c1ccc(F)cc1)S(=O)(=O)N(C)C. The molecule has 1 atom stereocenters. The first kappa shape index (κ1) is 31.8. The van der Waals surface area contributed by atoms with Crippen LogP contribution in [0, 0.1) is 12.7 Å². The zero-order valence-corrected chi connectivity index (χ0v) is 24.9. The highest BCUT2D eigenvalue weighted by atomic mass is 32.2. The average molecular weight is 583 g/mol. The molecule has 0 aromatic heterocycles. The summed E-state index contributed by atoms with van der Waals surface area (Å²) in [6.45, 7) is 3.96. The van der Waals surface area contributed by atoms with Gasteiger partial charge in [-0.1, -0.05) is 73.5 Å². The van der Waals surface area contributed by atoms with Crippen molar-refractivity contribution in [3.05, 3.63) is 101 Å². The van der Waals surface area contributed by atoms with Gasteiger partial charge in [0.25, 0.3) is 0 Å². The Bertz CT molecular complexity index is 1380.